The molecule has 0 radical (unpaired) electrons. The van der Waals surface area contributed by atoms with Gasteiger partial charge in [0, 0.05) is 15.5 Å². The summed E-state index contributed by atoms with van der Waals surface area (Å²) in [5.74, 6) is -0.426. The highest BCUT2D eigenvalue weighted by Crippen LogP contribution is 2.31. The van der Waals surface area contributed by atoms with Crippen LogP contribution in [0.5, 0.6) is 0 Å². The van der Waals surface area contributed by atoms with Crippen LogP contribution >= 0.6 is 11.8 Å². The van der Waals surface area contributed by atoms with Gasteiger partial charge in [-0.25, -0.2) is 9.59 Å². The summed E-state index contributed by atoms with van der Waals surface area (Å²) in [4.78, 5) is 26.4. The van der Waals surface area contributed by atoms with Crippen molar-refractivity contribution in [1.29, 1.82) is 0 Å². The second-order valence-electron chi connectivity index (χ2n) is 5.77. The first-order chi connectivity index (χ1) is 12.6. The second kappa shape index (κ2) is 8.10. The SMILES string of the molecule is CCOC(=O)C1=C(C)NC(=O)NC1c1ccc(Sc2ccccc2)cc1. The molecule has 6 heteroatoms. The largest absolute Gasteiger partial charge is 0.463 e. The lowest BCUT2D eigenvalue weighted by Gasteiger charge is -2.28. The van der Waals surface area contributed by atoms with Crippen molar-refractivity contribution in [2.75, 3.05) is 6.61 Å². The summed E-state index contributed by atoms with van der Waals surface area (Å²) >= 11 is 1.66. The van der Waals surface area contributed by atoms with E-state index in [4.69, 9.17) is 4.74 Å². The number of esters is 1. The first-order valence-electron chi connectivity index (χ1n) is 8.36. The molecule has 1 heterocycles. The van der Waals surface area contributed by atoms with E-state index < -0.39 is 12.0 Å². The summed E-state index contributed by atoms with van der Waals surface area (Å²) in [6.45, 7) is 3.74. The molecule has 0 aromatic heterocycles. The molecule has 2 aromatic rings. The van der Waals surface area contributed by atoms with Gasteiger partial charge in [-0.2, -0.15) is 0 Å². The Morgan fingerprint density at radius 3 is 2.38 bits per heavy atom. The third-order valence-electron chi connectivity index (χ3n) is 3.96. The molecule has 0 fully saturated rings. The van der Waals surface area contributed by atoms with Gasteiger partial charge in [0.05, 0.1) is 18.2 Å². The van der Waals surface area contributed by atoms with Crippen molar-refractivity contribution in [1.82, 2.24) is 10.6 Å². The second-order valence-corrected chi connectivity index (χ2v) is 6.92. The Bertz CT molecular complexity index is 832. The van der Waals surface area contributed by atoms with Gasteiger partial charge in [-0.3, -0.25) is 0 Å². The number of hydrogen-bond acceptors (Lipinski definition) is 4. The van der Waals surface area contributed by atoms with Gasteiger partial charge in [0.1, 0.15) is 0 Å². The maximum absolute atomic E-state index is 12.3. The number of amides is 2. The summed E-state index contributed by atoms with van der Waals surface area (Å²) in [7, 11) is 0. The van der Waals surface area contributed by atoms with Crippen LogP contribution in [0.25, 0.3) is 0 Å². The van der Waals surface area contributed by atoms with Crippen LogP contribution in [0.1, 0.15) is 25.5 Å². The first-order valence-corrected chi connectivity index (χ1v) is 9.18. The smallest absolute Gasteiger partial charge is 0.338 e. The molecule has 0 bridgehead atoms. The van der Waals surface area contributed by atoms with Crippen molar-refractivity contribution in [2.45, 2.75) is 29.7 Å². The summed E-state index contributed by atoms with van der Waals surface area (Å²) in [5.41, 5.74) is 1.77. The molecule has 1 aliphatic heterocycles. The zero-order valence-corrected chi connectivity index (χ0v) is 15.4. The van der Waals surface area contributed by atoms with Crippen LogP contribution < -0.4 is 10.6 Å². The average Bonchev–Trinajstić information content (AvgIpc) is 2.62. The predicted octanol–water partition coefficient (Wildman–Crippen LogP) is 4.03. The van der Waals surface area contributed by atoms with E-state index in [1.807, 2.05) is 42.5 Å². The Kier molecular flexibility index (Phi) is 5.63. The van der Waals surface area contributed by atoms with E-state index in [1.165, 1.54) is 0 Å². The van der Waals surface area contributed by atoms with Gasteiger partial charge in [-0.1, -0.05) is 42.1 Å². The van der Waals surface area contributed by atoms with Gasteiger partial charge in [0.2, 0.25) is 0 Å². The molecule has 2 amide bonds. The molecule has 1 aliphatic rings. The Morgan fingerprint density at radius 1 is 1.08 bits per heavy atom. The number of allylic oxidation sites excluding steroid dienone is 1. The van der Waals surface area contributed by atoms with Crippen LogP contribution in [0.2, 0.25) is 0 Å². The minimum absolute atomic E-state index is 0.281. The van der Waals surface area contributed by atoms with Crippen molar-refractivity contribution in [3.05, 3.63) is 71.4 Å². The Balaban J connectivity index is 1.85. The van der Waals surface area contributed by atoms with Gasteiger partial charge in [0.25, 0.3) is 0 Å². The van der Waals surface area contributed by atoms with Gasteiger partial charge in [-0.05, 0) is 43.7 Å². The lowest BCUT2D eigenvalue weighted by molar-refractivity contribution is -0.139. The molecule has 1 atom stereocenters. The van der Waals surface area contributed by atoms with E-state index in [9.17, 15) is 9.59 Å². The molecule has 0 spiro atoms. The average molecular weight is 368 g/mol. The monoisotopic (exact) mass is 368 g/mol. The zero-order chi connectivity index (χ0) is 18.5. The fourth-order valence-electron chi connectivity index (χ4n) is 2.78. The Labute approximate surface area is 156 Å². The van der Waals surface area contributed by atoms with Crippen LogP contribution in [0.15, 0.2) is 75.7 Å². The Hall–Kier alpha value is -2.73. The molecule has 134 valence electrons. The van der Waals surface area contributed by atoms with E-state index in [1.54, 1.807) is 25.6 Å². The number of carbonyl (C=O) groups excluding carboxylic acids is 2. The van der Waals surface area contributed by atoms with E-state index in [2.05, 4.69) is 22.8 Å². The molecule has 0 aliphatic carbocycles. The molecular weight excluding hydrogens is 348 g/mol. The molecule has 2 aromatic carbocycles. The van der Waals surface area contributed by atoms with E-state index in [0.29, 0.717) is 11.3 Å². The highest BCUT2D eigenvalue weighted by molar-refractivity contribution is 7.99. The molecule has 1 unspecified atom stereocenters. The summed E-state index contributed by atoms with van der Waals surface area (Å²) in [6, 6.07) is 17.1. The van der Waals surface area contributed by atoms with Gasteiger partial charge in [0.15, 0.2) is 0 Å². The van der Waals surface area contributed by atoms with Gasteiger partial charge >= 0.3 is 12.0 Å². The Morgan fingerprint density at radius 2 is 1.73 bits per heavy atom. The van der Waals surface area contributed by atoms with Crippen molar-refractivity contribution in [3.8, 4) is 0 Å². The number of hydrogen-bond donors (Lipinski definition) is 2. The quantitative estimate of drug-likeness (QED) is 0.782. The lowest BCUT2D eigenvalue weighted by atomic mass is 9.96. The molecule has 0 saturated heterocycles. The van der Waals surface area contributed by atoms with Gasteiger partial charge in [-0.15, -0.1) is 0 Å². The molecular formula is C20H20N2O3S. The predicted molar refractivity (Wildman–Crippen MR) is 101 cm³/mol. The summed E-state index contributed by atoms with van der Waals surface area (Å²) in [6.07, 6.45) is 0. The van der Waals surface area contributed by atoms with E-state index in [-0.39, 0.29) is 12.6 Å². The number of nitrogens with one attached hydrogen (secondary N) is 2. The molecule has 2 N–H and O–H groups in total. The fourth-order valence-corrected chi connectivity index (χ4v) is 3.61. The van der Waals surface area contributed by atoms with E-state index in [0.717, 1.165) is 15.4 Å². The van der Waals surface area contributed by atoms with E-state index >= 15 is 0 Å². The summed E-state index contributed by atoms with van der Waals surface area (Å²) in [5, 5.41) is 5.44. The number of benzene rings is 2. The topological polar surface area (TPSA) is 67.4 Å². The third-order valence-corrected chi connectivity index (χ3v) is 4.97. The maximum atomic E-state index is 12.3. The van der Waals surface area contributed by atoms with Crippen LogP contribution in [-0.2, 0) is 9.53 Å². The maximum Gasteiger partial charge on any atom is 0.338 e. The van der Waals surface area contributed by atoms with Gasteiger partial charge < -0.3 is 15.4 Å². The molecule has 3 rings (SSSR count). The number of carbonyl (C=O) groups is 2. The minimum Gasteiger partial charge on any atom is -0.463 e. The lowest BCUT2D eigenvalue weighted by Crippen LogP contribution is -2.45. The number of ether oxygens (including phenoxy) is 1. The van der Waals surface area contributed by atoms with Crippen molar-refractivity contribution < 1.29 is 14.3 Å². The fraction of sp³-hybridized carbons (Fsp3) is 0.200. The van der Waals surface area contributed by atoms with Crippen LogP contribution in [0, 0.1) is 0 Å². The van der Waals surface area contributed by atoms with Crippen LogP contribution in [0.3, 0.4) is 0 Å². The minimum atomic E-state index is -0.529. The number of urea groups is 1. The van der Waals surface area contributed by atoms with Crippen LogP contribution in [0.4, 0.5) is 4.79 Å². The molecule has 0 saturated carbocycles. The standard InChI is InChI=1S/C20H20N2O3S/c1-3-25-19(23)17-13(2)21-20(24)22-18(17)14-9-11-16(12-10-14)26-15-7-5-4-6-8-15/h4-12,18H,3H2,1-2H3,(H2,21,22,24). The molecule has 5 nitrogen and oxygen atoms in total. The van der Waals surface area contributed by atoms with Crippen molar-refractivity contribution in [2.24, 2.45) is 0 Å². The third kappa shape index (κ3) is 4.08. The highest BCUT2D eigenvalue weighted by atomic mass is 32.2. The molecule has 26 heavy (non-hydrogen) atoms. The van der Waals surface area contributed by atoms with Crippen molar-refractivity contribution in [3.63, 3.8) is 0 Å². The summed E-state index contributed by atoms with van der Waals surface area (Å²) < 4.78 is 5.15. The first kappa shape index (κ1) is 18.1. The zero-order valence-electron chi connectivity index (χ0n) is 14.6. The van der Waals surface area contributed by atoms with Crippen molar-refractivity contribution >= 4 is 23.8 Å². The normalized spacial score (nSPS) is 16.7. The highest BCUT2D eigenvalue weighted by Gasteiger charge is 2.31. The number of rotatable bonds is 5. The van der Waals surface area contributed by atoms with Crippen LogP contribution in [-0.4, -0.2) is 18.6 Å².